The second-order valence-electron chi connectivity index (χ2n) is 4.74. The van der Waals surface area contributed by atoms with Gasteiger partial charge in [0.15, 0.2) is 5.69 Å². The molecule has 1 aromatic rings. The van der Waals surface area contributed by atoms with Crippen LogP contribution in [0.5, 0.6) is 0 Å². The van der Waals surface area contributed by atoms with Crippen LogP contribution in [0.2, 0.25) is 0 Å². The Morgan fingerprint density at radius 1 is 1.41 bits per heavy atom. The first-order valence-electron chi connectivity index (χ1n) is 5.76. The minimum absolute atomic E-state index is 0.0786. The van der Waals surface area contributed by atoms with Gasteiger partial charge < -0.3 is 5.73 Å². The van der Waals surface area contributed by atoms with Crippen LogP contribution in [0.4, 0.5) is 13.2 Å². The maximum Gasteiger partial charge on any atom is 0.435 e. The number of hydrogen-bond acceptors (Lipinski definition) is 2. The maximum atomic E-state index is 12.9. The summed E-state index contributed by atoms with van der Waals surface area (Å²) in [4.78, 5) is 0. The molecule has 1 aliphatic carbocycles. The van der Waals surface area contributed by atoms with E-state index in [1.165, 1.54) is 4.68 Å². The first kappa shape index (κ1) is 12.4. The normalized spacial score (nSPS) is 20.8. The van der Waals surface area contributed by atoms with Crippen molar-refractivity contribution in [2.75, 3.05) is 0 Å². The van der Waals surface area contributed by atoms with E-state index in [2.05, 4.69) is 5.10 Å². The Labute approximate surface area is 97.8 Å². The summed E-state index contributed by atoms with van der Waals surface area (Å²) in [5, 5.41) is 3.72. The van der Waals surface area contributed by atoms with Gasteiger partial charge >= 0.3 is 6.18 Å². The molecule has 1 aliphatic rings. The highest BCUT2D eigenvalue weighted by molar-refractivity contribution is 5.34. The topological polar surface area (TPSA) is 43.8 Å². The third-order valence-corrected chi connectivity index (χ3v) is 3.11. The van der Waals surface area contributed by atoms with Gasteiger partial charge in [0.1, 0.15) is 0 Å². The SMILES string of the molecule is CC(C)n1nc(C(F)(F)F)c2c1CCCC2N. The minimum atomic E-state index is -4.42. The van der Waals surface area contributed by atoms with Crippen LogP contribution in [-0.2, 0) is 12.6 Å². The van der Waals surface area contributed by atoms with E-state index < -0.39 is 17.9 Å². The molecule has 0 aromatic carbocycles. The molecule has 2 N–H and O–H groups in total. The number of alkyl halides is 3. The van der Waals surface area contributed by atoms with Gasteiger partial charge in [-0.15, -0.1) is 0 Å². The van der Waals surface area contributed by atoms with Gasteiger partial charge in [0.2, 0.25) is 0 Å². The fourth-order valence-corrected chi connectivity index (χ4v) is 2.39. The van der Waals surface area contributed by atoms with Crippen molar-refractivity contribution in [1.29, 1.82) is 0 Å². The van der Waals surface area contributed by atoms with Gasteiger partial charge in [0, 0.05) is 23.3 Å². The molecular weight excluding hydrogens is 231 g/mol. The molecule has 1 unspecified atom stereocenters. The summed E-state index contributed by atoms with van der Waals surface area (Å²) >= 11 is 0. The first-order chi connectivity index (χ1) is 7.82. The Kier molecular flexibility index (Phi) is 2.93. The molecule has 0 radical (unpaired) electrons. The number of halogens is 3. The average molecular weight is 247 g/mol. The van der Waals surface area contributed by atoms with E-state index in [9.17, 15) is 13.2 Å². The quantitative estimate of drug-likeness (QED) is 0.829. The van der Waals surface area contributed by atoms with Gasteiger partial charge in [-0.3, -0.25) is 4.68 Å². The van der Waals surface area contributed by atoms with Gasteiger partial charge in [-0.2, -0.15) is 18.3 Å². The minimum Gasteiger partial charge on any atom is -0.324 e. The fraction of sp³-hybridized carbons (Fsp3) is 0.727. The van der Waals surface area contributed by atoms with E-state index >= 15 is 0 Å². The molecule has 0 saturated carbocycles. The molecular formula is C11H16F3N3. The summed E-state index contributed by atoms with van der Waals surface area (Å²) in [5.74, 6) is 0. The van der Waals surface area contributed by atoms with Crippen LogP contribution in [0.1, 0.15) is 55.7 Å². The molecule has 1 aromatic heterocycles. The second kappa shape index (κ2) is 4.01. The molecule has 3 nitrogen and oxygen atoms in total. The van der Waals surface area contributed by atoms with Crippen molar-refractivity contribution in [3.05, 3.63) is 17.0 Å². The Bertz CT molecular complexity index is 420. The fourth-order valence-electron chi connectivity index (χ4n) is 2.39. The summed E-state index contributed by atoms with van der Waals surface area (Å²) in [6.07, 6.45) is -2.37. The summed E-state index contributed by atoms with van der Waals surface area (Å²) in [7, 11) is 0. The third kappa shape index (κ3) is 2.06. The van der Waals surface area contributed by atoms with Crippen molar-refractivity contribution >= 4 is 0 Å². The highest BCUT2D eigenvalue weighted by Gasteiger charge is 2.41. The Morgan fingerprint density at radius 2 is 2.06 bits per heavy atom. The molecule has 0 aliphatic heterocycles. The number of nitrogens with zero attached hydrogens (tertiary/aromatic N) is 2. The van der Waals surface area contributed by atoms with E-state index in [1.54, 1.807) is 0 Å². The van der Waals surface area contributed by atoms with Gasteiger partial charge in [-0.1, -0.05) is 0 Å². The van der Waals surface area contributed by atoms with Crippen molar-refractivity contribution in [3.63, 3.8) is 0 Å². The third-order valence-electron chi connectivity index (χ3n) is 3.11. The van der Waals surface area contributed by atoms with Crippen LogP contribution in [0, 0.1) is 0 Å². The summed E-state index contributed by atoms with van der Waals surface area (Å²) in [6.45, 7) is 3.65. The first-order valence-corrected chi connectivity index (χ1v) is 5.76. The molecule has 0 fully saturated rings. The van der Waals surface area contributed by atoms with Gasteiger partial charge in [-0.05, 0) is 33.1 Å². The standard InChI is InChI=1S/C11H16F3N3/c1-6(2)17-8-5-3-4-7(15)9(8)10(16-17)11(12,13)14/h6-7H,3-5,15H2,1-2H3. The summed E-state index contributed by atoms with van der Waals surface area (Å²) in [6, 6.07) is -0.618. The van der Waals surface area contributed by atoms with E-state index in [0.29, 0.717) is 18.5 Å². The monoisotopic (exact) mass is 247 g/mol. The lowest BCUT2D eigenvalue weighted by Crippen LogP contribution is -2.21. The molecule has 2 rings (SSSR count). The Hall–Kier alpha value is -1.04. The van der Waals surface area contributed by atoms with E-state index in [-0.39, 0.29) is 11.6 Å². The van der Waals surface area contributed by atoms with Crippen molar-refractivity contribution in [3.8, 4) is 0 Å². The number of nitrogens with two attached hydrogens (primary N) is 1. The molecule has 0 amide bonds. The van der Waals surface area contributed by atoms with Crippen molar-refractivity contribution in [2.45, 2.75) is 51.4 Å². The van der Waals surface area contributed by atoms with Crippen molar-refractivity contribution in [2.24, 2.45) is 5.73 Å². The van der Waals surface area contributed by atoms with E-state index in [4.69, 9.17) is 5.73 Å². The van der Waals surface area contributed by atoms with Crippen LogP contribution >= 0.6 is 0 Å². The summed E-state index contributed by atoms with van der Waals surface area (Å²) < 4.78 is 40.2. The molecule has 1 heterocycles. The number of hydrogen-bond donors (Lipinski definition) is 1. The van der Waals surface area contributed by atoms with Crippen LogP contribution in [0.3, 0.4) is 0 Å². The highest BCUT2D eigenvalue weighted by Crippen LogP contribution is 2.39. The predicted octanol–water partition coefficient (Wildman–Crippen LogP) is 2.82. The van der Waals surface area contributed by atoms with Gasteiger partial charge in [0.05, 0.1) is 0 Å². The molecule has 0 spiro atoms. The van der Waals surface area contributed by atoms with Crippen LogP contribution < -0.4 is 5.73 Å². The van der Waals surface area contributed by atoms with Gasteiger partial charge in [0.25, 0.3) is 0 Å². The van der Waals surface area contributed by atoms with Gasteiger partial charge in [-0.25, -0.2) is 0 Å². The smallest absolute Gasteiger partial charge is 0.324 e. The molecule has 0 bridgehead atoms. The predicted molar refractivity (Wildman–Crippen MR) is 57.5 cm³/mol. The lowest BCUT2D eigenvalue weighted by atomic mass is 9.91. The number of fused-ring (bicyclic) bond motifs is 1. The molecule has 17 heavy (non-hydrogen) atoms. The van der Waals surface area contributed by atoms with Crippen LogP contribution in [-0.4, -0.2) is 9.78 Å². The molecule has 96 valence electrons. The number of rotatable bonds is 1. The summed E-state index contributed by atoms with van der Waals surface area (Å²) in [5.41, 5.74) is 5.87. The zero-order valence-electron chi connectivity index (χ0n) is 9.88. The van der Waals surface area contributed by atoms with Crippen LogP contribution in [0.15, 0.2) is 0 Å². The molecule has 1 atom stereocenters. The molecule has 6 heteroatoms. The van der Waals surface area contributed by atoms with Crippen molar-refractivity contribution in [1.82, 2.24) is 9.78 Å². The molecule has 0 saturated heterocycles. The number of aromatic nitrogens is 2. The second-order valence-corrected chi connectivity index (χ2v) is 4.74. The lowest BCUT2D eigenvalue weighted by molar-refractivity contribution is -0.142. The maximum absolute atomic E-state index is 12.9. The van der Waals surface area contributed by atoms with Crippen LogP contribution in [0.25, 0.3) is 0 Å². The Morgan fingerprint density at radius 3 is 2.59 bits per heavy atom. The zero-order chi connectivity index (χ0) is 12.8. The van der Waals surface area contributed by atoms with E-state index in [0.717, 1.165) is 6.42 Å². The van der Waals surface area contributed by atoms with Crippen molar-refractivity contribution < 1.29 is 13.2 Å². The average Bonchev–Trinajstić information content (AvgIpc) is 2.57. The Balaban J connectivity index is 2.61. The highest BCUT2D eigenvalue weighted by atomic mass is 19.4. The largest absolute Gasteiger partial charge is 0.435 e. The van der Waals surface area contributed by atoms with E-state index in [1.807, 2.05) is 13.8 Å². The lowest BCUT2D eigenvalue weighted by Gasteiger charge is -2.21. The zero-order valence-corrected chi connectivity index (χ0v) is 9.88.